The van der Waals surface area contributed by atoms with E-state index >= 15 is 0 Å². The molecule has 0 saturated carbocycles. The smallest absolute Gasteiger partial charge is 0.195 e. The number of phenols is 2. The van der Waals surface area contributed by atoms with Gasteiger partial charge in [-0.25, -0.2) is 0 Å². The zero-order chi connectivity index (χ0) is 26.1. The number of hydrogen-bond acceptors (Lipinski definition) is 6. The average Bonchev–Trinajstić information content (AvgIpc) is 3.32. The van der Waals surface area contributed by atoms with E-state index in [2.05, 4.69) is 4.90 Å². The minimum absolute atomic E-state index is 0.0714. The van der Waals surface area contributed by atoms with Gasteiger partial charge in [0.2, 0.25) is 0 Å². The van der Waals surface area contributed by atoms with Crippen LogP contribution in [0.2, 0.25) is 0 Å². The first-order valence-corrected chi connectivity index (χ1v) is 12.2. The largest absolute Gasteiger partial charge is 0.508 e. The number of hydrogen-bond donors (Lipinski definition) is 2. The Morgan fingerprint density at radius 2 is 1.71 bits per heavy atom. The van der Waals surface area contributed by atoms with Crippen LogP contribution < -0.4 is 4.74 Å². The number of nitrogens with zero attached hydrogens (tertiary/aromatic N) is 1. The number of piperidine rings is 1. The number of likely N-dealkylation sites (tertiary alicyclic amines) is 1. The molecule has 0 atom stereocenters. The molecule has 6 heteroatoms. The fourth-order valence-electron chi connectivity index (χ4n) is 4.25. The summed E-state index contributed by atoms with van der Waals surface area (Å²) in [6, 6.07) is 12.1. The summed E-state index contributed by atoms with van der Waals surface area (Å²) >= 11 is 1.11. The summed E-state index contributed by atoms with van der Waals surface area (Å²) in [5.41, 5.74) is 1.22. The lowest BCUT2D eigenvalue weighted by Gasteiger charge is -2.26. The molecule has 2 N–H and O–H groups in total. The topological polar surface area (TPSA) is 70.0 Å². The molecule has 174 valence electrons. The molecule has 0 amide bonds. The Morgan fingerprint density at radius 1 is 0.971 bits per heavy atom. The number of ketones is 1. The first-order valence-electron chi connectivity index (χ1n) is 12.9. The molecule has 1 saturated heterocycles. The standard InChI is InChI=1S/C28H27NO4S/c30-21-8-4-20(5-9-21)28-26(24-13-10-22(31)18-25(24)34-28)27(32)19-6-11-23(12-7-19)33-17-16-29-14-2-1-3-15-29/h4-13,18,30-31H,1-3,14-17H2/i10D,13D,18D. The highest BCUT2D eigenvalue weighted by molar-refractivity contribution is 7.22. The molecule has 4 aromatic rings. The fourth-order valence-corrected chi connectivity index (χ4v) is 5.41. The maximum atomic E-state index is 13.8. The van der Waals surface area contributed by atoms with E-state index in [9.17, 15) is 15.0 Å². The molecule has 0 spiro atoms. The van der Waals surface area contributed by atoms with E-state index in [1.54, 1.807) is 36.4 Å². The average molecular weight is 477 g/mol. The van der Waals surface area contributed by atoms with Crippen molar-refractivity contribution in [2.75, 3.05) is 26.2 Å². The number of benzene rings is 3. The summed E-state index contributed by atoms with van der Waals surface area (Å²) in [5, 5.41) is 20.1. The van der Waals surface area contributed by atoms with Crippen LogP contribution in [0, 0.1) is 0 Å². The predicted molar refractivity (Wildman–Crippen MR) is 136 cm³/mol. The molecule has 0 radical (unpaired) electrons. The second-order valence-electron chi connectivity index (χ2n) is 8.39. The van der Waals surface area contributed by atoms with Crippen molar-refractivity contribution in [2.24, 2.45) is 0 Å². The van der Waals surface area contributed by atoms with Gasteiger partial charge >= 0.3 is 0 Å². The van der Waals surface area contributed by atoms with Gasteiger partial charge in [-0.1, -0.05) is 6.42 Å². The third-order valence-corrected chi connectivity index (χ3v) is 7.20. The van der Waals surface area contributed by atoms with Crippen LogP contribution in [0.4, 0.5) is 0 Å². The lowest BCUT2D eigenvalue weighted by atomic mass is 9.97. The van der Waals surface area contributed by atoms with Crippen molar-refractivity contribution in [3.8, 4) is 27.7 Å². The molecule has 5 nitrogen and oxygen atoms in total. The number of rotatable bonds is 7. The molecule has 34 heavy (non-hydrogen) atoms. The van der Waals surface area contributed by atoms with Crippen molar-refractivity contribution in [3.63, 3.8) is 0 Å². The summed E-state index contributed by atoms with van der Waals surface area (Å²) < 4.78 is 31.1. The molecule has 1 fully saturated rings. The van der Waals surface area contributed by atoms with Gasteiger partial charge in [-0.2, -0.15) is 0 Å². The Hall–Kier alpha value is -3.35. The van der Waals surface area contributed by atoms with Crippen molar-refractivity contribution < 1.29 is 23.9 Å². The van der Waals surface area contributed by atoms with Crippen molar-refractivity contribution in [2.45, 2.75) is 19.3 Å². The Balaban J connectivity index is 1.48. The van der Waals surface area contributed by atoms with Crippen molar-refractivity contribution in [1.82, 2.24) is 4.90 Å². The van der Waals surface area contributed by atoms with E-state index in [0.717, 1.165) is 31.0 Å². The summed E-state index contributed by atoms with van der Waals surface area (Å²) in [6.45, 7) is 3.63. The van der Waals surface area contributed by atoms with Crippen LogP contribution in [-0.4, -0.2) is 47.1 Å². The van der Waals surface area contributed by atoms with Crippen LogP contribution in [0.15, 0.2) is 66.7 Å². The highest BCUT2D eigenvalue weighted by atomic mass is 32.1. The maximum absolute atomic E-state index is 13.8. The third kappa shape index (κ3) is 4.79. The molecule has 5 rings (SSSR count). The van der Waals surface area contributed by atoms with E-state index in [1.807, 2.05) is 0 Å². The molecule has 1 aliphatic rings. The summed E-state index contributed by atoms with van der Waals surface area (Å²) in [5.74, 6) is -0.203. The number of carbonyl (C=O) groups excluding carboxylic acids is 1. The van der Waals surface area contributed by atoms with Gasteiger partial charge < -0.3 is 14.9 Å². The fraction of sp³-hybridized carbons (Fsp3) is 0.250. The van der Waals surface area contributed by atoms with Crippen molar-refractivity contribution in [1.29, 1.82) is 0 Å². The lowest BCUT2D eigenvalue weighted by molar-refractivity contribution is 0.104. The van der Waals surface area contributed by atoms with Gasteiger partial charge in [0.1, 0.15) is 23.9 Å². The van der Waals surface area contributed by atoms with Gasteiger partial charge in [-0.05, 0) is 98.2 Å². The van der Waals surface area contributed by atoms with E-state index in [-0.39, 0.29) is 39.3 Å². The monoisotopic (exact) mass is 476 g/mol. The third-order valence-electron chi connectivity index (χ3n) is 6.04. The zero-order valence-electron chi connectivity index (χ0n) is 21.6. The van der Waals surface area contributed by atoms with Gasteiger partial charge in [0.05, 0.1) is 4.11 Å². The Bertz CT molecular complexity index is 1450. The second kappa shape index (κ2) is 9.87. The first-order chi connectivity index (χ1) is 17.8. The Morgan fingerprint density at radius 3 is 2.44 bits per heavy atom. The summed E-state index contributed by atoms with van der Waals surface area (Å²) in [7, 11) is 0. The molecule has 0 aliphatic carbocycles. The molecule has 0 unspecified atom stereocenters. The molecular weight excluding hydrogens is 446 g/mol. The molecular formula is C28H27NO4S. The number of fused-ring (bicyclic) bond motifs is 1. The van der Waals surface area contributed by atoms with E-state index in [0.29, 0.717) is 28.4 Å². The first kappa shape index (κ1) is 19.0. The molecule has 3 aromatic carbocycles. The number of phenolic OH excluding ortho intramolecular Hbond substituents is 2. The normalized spacial score (nSPS) is 15.6. The van der Waals surface area contributed by atoms with Crippen LogP contribution in [0.1, 0.15) is 39.3 Å². The minimum atomic E-state index is -0.582. The predicted octanol–water partition coefficient (Wildman–Crippen LogP) is 6.08. The Kier molecular flexibility index (Phi) is 5.52. The minimum Gasteiger partial charge on any atom is -0.508 e. The molecule has 0 bridgehead atoms. The maximum Gasteiger partial charge on any atom is 0.195 e. The SMILES string of the molecule is [2H]c1c(O)c([2H])c2sc(-c3ccc(O)cc3)c(C(=O)c3ccc(OCCN4CCCCC4)cc3)c2c1[2H]. The number of aromatic hydroxyl groups is 2. The number of ether oxygens (including phenoxy) is 1. The van der Waals surface area contributed by atoms with Gasteiger partial charge in [-0.15, -0.1) is 11.3 Å². The van der Waals surface area contributed by atoms with Crippen molar-refractivity contribution in [3.05, 3.63) is 77.8 Å². The van der Waals surface area contributed by atoms with Gasteiger partial charge in [-0.3, -0.25) is 9.69 Å². The van der Waals surface area contributed by atoms with Gasteiger partial charge in [0, 0.05) is 32.6 Å². The van der Waals surface area contributed by atoms with Crippen molar-refractivity contribution >= 4 is 27.2 Å². The number of thiophene rings is 1. The lowest BCUT2D eigenvalue weighted by Crippen LogP contribution is -2.33. The summed E-state index contributed by atoms with van der Waals surface area (Å²) in [4.78, 5) is 16.7. The quantitative estimate of drug-likeness (QED) is 0.317. The van der Waals surface area contributed by atoms with Crippen LogP contribution >= 0.6 is 11.3 Å². The highest BCUT2D eigenvalue weighted by Crippen LogP contribution is 2.41. The van der Waals surface area contributed by atoms with Crippen LogP contribution in [0.3, 0.4) is 0 Å². The molecule has 1 aromatic heterocycles. The van der Waals surface area contributed by atoms with Crippen LogP contribution in [0.25, 0.3) is 20.5 Å². The van der Waals surface area contributed by atoms with Gasteiger partial charge in [0.15, 0.2) is 5.78 Å². The molecule has 2 heterocycles. The van der Waals surface area contributed by atoms with E-state index in [4.69, 9.17) is 8.85 Å². The zero-order valence-corrected chi connectivity index (χ0v) is 19.5. The number of carbonyl (C=O) groups is 1. The van der Waals surface area contributed by atoms with Crippen LogP contribution in [0.5, 0.6) is 17.2 Å². The van der Waals surface area contributed by atoms with Gasteiger partial charge in [0.25, 0.3) is 0 Å². The van der Waals surface area contributed by atoms with E-state index < -0.39 is 11.8 Å². The highest BCUT2D eigenvalue weighted by Gasteiger charge is 2.22. The Labute approximate surface area is 207 Å². The van der Waals surface area contributed by atoms with E-state index in [1.165, 1.54) is 31.4 Å². The summed E-state index contributed by atoms with van der Waals surface area (Å²) in [6.07, 6.45) is 3.74. The molecule has 1 aliphatic heterocycles. The second-order valence-corrected chi connectivity index (χ2v) is 9.41. The van der Waals surface area contributed by atoms with Crippen LogP contribution in [-0.2, 0) is 0 Å².